The number of ether oxygens (including phenoxy) is 1. The summed E-state index contributed by atoms with van der Waals surface area (Å²) < 4.78 is 6.11. The Bertz CT molecular complexity index is 1390. The highest BCUT2D eigenvalue weighted by Gasteiger charge is 2.34. The highest BCUT2D eigenvalue weighted by molar-refractivity contribution is 6.31. The molecule has 0 spiro atoms. The van der Waals surface area contributed by atoms with E-state index in [1.165, 1.54) is 11.9 Å². The van der Waals surface area contributed by atoms with Crippen LogP contribution in [0.3, 0.4) is 0 Å². The van der Waals surface area contributed by atoms with Crippen LogP contribution in [0.5, 0.6) is 0 Å². The predicted octanol–water partition coefficient (Wildman–Crippen LogP) is 5.31. The molecule has 8 heteroatoms. The maximum atomic E-state index is 12.4. The van der Waals surface area contributed by atoms with E-state index in [4.69, 9.17) is 16.3 Å². The summed E-state index contributed by atoms with van der Waals surface area (Å²) in [5, 5.41) is 10.0. The SMILES string of the molecule is CC(=O)N1N=C(c2ccc(NC(=O)c3cccc(Cl)c3)cc2)O[C@H]1c1c[nH]c2ccccc12. The van der Waals surface area contributed by atoms with Gasteiger partial charge >= 0.3 is 0 Å². The van der Waals surface area contributed by atoms with Crippen molar-refractivity contribution in [2.24, 2.45) is 5.10 Å². The van der Waals surface area contributed by atoms with Crippen LogP contribution in [0, 0.1) is 0 Å². The Hall–Kier alpha value is -4.10. The highest BCUT2D eigenvalue weighted by Crippen LogP contribution is 2.34. The normalized spacial score (nSPS) is 15.3. The number of nitrogens with zero attached hydrogens (tertiary/aromatic N) is 2. The maximum Gasteiger partial charge on any atom is 0.255 e. The number of aromatic nitrogens is 1. The zero-order valence-corrected chi connectivity index (χ0v) is 18.3. The highest BCUT2D eigenvalue weighted by atomic mass is 35.5. The number of fused-ring (bicyclic) bond motifs is 1. The van der Waals surface area contributed by atoms with E-state index in [1.54, 1.807) is 48.5 Å². The Morgan fingerprint density at radius 2 is 1.85 bits per heavy atom. The molecule has 0 fully saturated rings. The second kappa shape index (κ2) is 8.44. The molecule has 7 nitrogen and oxygen atoms in total. The number of amides is 2. The molecule has 164 valence electrons. The number of benzene rings is 3. The van der Waals surface area contributed by atoms with Crippen molar-refractivity contribution in [1.82, 2.24) is 9.99 Å². The van der Waals surface area contributed by atoms with Crippen LogP contribution in [-0.4, -0.2) is 27.7 Å². The van der Waals surface area contributed by atoms with Crippen molar-refractivity contribution in [3.63, 3.8) is 0 Å². The standard InChI is InChI=1S/C25H19ClN4O3/c1-15(31)30-25(21-14-27-22-8-3-2-7-20(21)22)33-24(29-30)16-9-11-19(12-10-16)28-23(32)17-5-4-6-18(26)13-17/h2-14,25,27H,1H3,(H,28,32)/t25-/m0/s1. The molecule has 0 saturated heterocycles. The molecule has 0 radical (unpaired) electrons. The van der Waals surface area contributed by atoms with E-state index in [0.29, 0.717) is 27.7 Å². The lowest BCUT2D eigenvalue weighted by Gasteiger charge is -2.18. The van der Waals surface area contributed by atoms with Crippen LogP contribution >= 0.6 is 11.6 Å². The van der Waals surface area contributed by atoms with E-state index in [1.807, 2.05) is 30.5 Å². The molecule has 1 atom stereocenters. The number of halogens is 1. The summed E-state index contributed by atoms with van der Waals surface area (Å²) in [5.74, 6) is -0.166. The Morgan fingerprint density at radius 3 is 2.61 bits per heavy atom. The number of anilines is 1. The third-order valence-corrected chi connectivity index (χ3v) is 5.57. The van der Waals surface area contributed by atoms with E-state index in [2.05, 4.69) is 15.4 Å². The lowest BCUT2D eigenvalue weighted by molar-refractivity contribution is -0.135. The molecule has 0 bridgehead atoms. The number of H-pyrrole nitrogens is 1. The number of rotatable bonds is 4. The number of hydrogen-bond acceptors (Lipinski definition) is 4. The zero-order valence-electron chi connectivity index (χ0n) is 17.6. The Labute approximate surface area is 194 Å². The van der Waals surface area contributed by atoms with Gasteiger partial charge in [0.05, 0.1) is 0 Å². The van der Waals surface area contributed by atoms with Gasteiger partial charge < -0.3 is 15.0 Å². The number of para-hydroxylation sites is 1. The minimum atomic E-state index is -0.671. The van der Waals surface area contributed by atoms with Gasteiger partial charge in [-0.2, -0.15) is 5.01 Å². The van der Waals surface area contributed by atoms with Crippen molar-refractivity contribution >= 4 is 45.9 Å². The summed E-state index contributed by atoms with van der Waals surface area (Å²) in [7, 11) is 0. The molecule has 5 rings (SSSR count). The molecule has 1 aromatic heterocycles. The molecule has 2 N–H and O–H groups in total. The Morgan fingerprint density at radius 1 is 1.06 bits per heavy atom. The van der Waals surface area contributed by atoms with Gasteiger partial charge in [0.15, 0.2) is 0 Å². The second-order valence-corrected chi connectivity index (χ2v) is 8.01. The second-order valence-electron chi connectivity index (χ2n) is 7.57. The van der Waals surface area contributed by atoms with Crippen LogP contribution in [0.1, 0.15) is 34.6 Å². The average Bonchev–Trinajstić information content (AvgIpc) is 3.44. The summed E-state index contributed by atoms with van der Waals surface area (Å²) >= 11 is 5.96. The van der Waals surface area contributed by atoms with Crippen LogP contribution in [0.2, 0.25) is 5.02 Å². The van der Waals surface area contributed by atoms with Crippen LogP contribution < -0.4 is 5.32 Å². The Balaban J connectivity index is 1.36. The molecule has 4 aromatic rings. The molecule has 1 aliphatic heterocycles. The predicted molar refractivity (Wildman–Crippen MR) is 127 cm³/mol. The summed E-state index contributed by atoms with van der Waals surface area (Å²) in [4.78, 5) is 27.9. The van der Waals surface area contributed by atoms with Crippen molar-refractivity contribution in [2.45, 2.75) is 13.2 Å². The van der Waals surface area contributed by atoms with Crippen molar-refractivity contribution in [2.75, 3.05) is 5.32 Å². The van der Waals surface area contributed by atoms with E-state index < -0.39 is 6.23 Å². The van der Waals surface area contributed by atoms with E-state index in [9.17, 15) is 9.59 Å². The summed E-state index contributed by atoms with van der Waals surface area (Å²) in [5.41, 5.74) is 3.54. The van der Waals surface area contributed by atoms with E-state index >= 15 is 0 Å². The van der Waals surface area contributed by atoms with Gasteiger partial charge in [0, 0.05) is 51.4 Å². The first-order valence-corrected chi connectivity index (χ1v) is 10.7. The number of carbonyl (C=O) groups is 2. The molecule has 3 aromatic carbocycles. The third-order valence-electron chi connectivity index (χ3n) is 5.33. The fourth-order valence-corrected chi connectivity index (χ4v) is 3.90. The van der Waals surface area contributed by atoms with Gasteiger partial charge in [-0.25, -0.2) is 0 Å². The van der Waals surface area contributed by atoms with E-state index in [0.717, 1.165) is 16.5 Å². The van der Waals surface area contributed by atoms with Gasteiger partial charge in [0.25, 0.3) is 5.91 Å². The molecular formula is C25H19ClN4O3. The molecule has 0 aliphatic carbocycles. The maximum absolute atomic E-state index is 12.4. The quantitative estimate of drug-likeness (QED) is 0.434. The number of nitrogens with one attached hydrogen (secondary N) is 2. The lowest BCUT2D eigenvalue weighted by atomic mass is 10.1. The summed E-state index contributed by atoms with van der Waals surface area (Å²) in [6.07, 6.45) is 1.16. The van der Waals surface area contributed by atoms with Crippen molar-refractivity contribution in [3.8, 4) is 0 Å². The van der Waals surface area contributed by atoms with Crippen molar-refractivity contribution in [3.05, 3.63) is 101 Å². The smallest absolute Gasteiger partial charge is 0.255 e. The number of hydrogen-bond donors (Lipinski definition) is 2. The molecule has 1 aliphatic rings. The van der Waals surface area contributed by atoms with Crippen molar-refractivity contribution in [1.29, 1.82) is 0 Å². The van der Waals surface area contributed by atoms with Crippen LogP contribution in [0.4, 0.5) is 5.69 Å². The largest absolute Gasteiger partial charge is 0.446 e. The molecule has 0 unspecified atom stereocenters. The molecular weight excluding hydrogens is 440 g/mol. The van der Waals surface area contributed by atoms with Gasteiger partial charge in [-0.15, -0.1) is 5.10 Å². The number of hydrazone groups is 1. The molecule has 2 amide bonds. The average molecular weight is 459 g/mol. The van der Waals surface area contributed by atoms with Gasteiger partial charge in [-0.3, -0.25) is 9.59 Å². The van der Waals surface area contributed by atoms with E-state index in [-0.39, 0.29) is 11.8 Å². The first-order chi connectivity index (χ1) is 16.0. The first-order valence-electron chi connectivity index (χ1n) is 10.3. The van der Waals surface area contributed by atoms with Gasteiger partial charge in [0.1, 0.15) is 0 Å². The number of carbonyl (C=O) groups excluding carboxylic acids is 2. The van der Waals surface area contributed by atoms with Crippen LogP contribution in [0.25, 0.3) is 10.9 Å². The molecule has 2 heterocycles. The first kappa shape index (κ1) is 20.8. The molecule has 33 heavy (non-hydrogen) atoms. The Kier molecular flexibility index (Phi) is 5.32. The third kappa shape index (κ3) is 4.06. The van der Waals surface area contributed by atoms with Gasteiger partial charge in [0.2, 0.25) is 18.0 Å². The minimum Gasteiger partial charge on any atom is -0.446 e. The minimum absolute atomic E-state index is 0.231. The van der Waals surface area contributed by atoms with Crippen LogP contribution in [0.15, 0.2) is 84.1 Å². The van der Waals surface area contributed by atoms with Gasteiger partial charge in [-0.05, 0) is 48.5 Å². The fraction of sp³-hybridized carbons (Fsp3) is 0.0800. The topological polar surface area (TPSA) is 86.8 Å². The number of aromatic amines is 1. The fourth-order valence-electron chi connectivity index (χ4n) is 3.71. The van der Waals surface area contributed by atoms with Crippen molar-refractivity contribution < 1.29 is 14.3 Å². The summed E-state index contributed by atoms with van der Waals surface area (Å²) in [6, 6.07) is 21.6. The monoisotopic (exact) mass is 458 g/mol. The zero-order chi connectivity index (χ0) is 22.9. The van der Waals surface area contributed by atoms with Crippen LogP contribution in [-0.2, 0) is 9.53 Å². The lowest BCUT2D eigenvalue weighted by Crippen LogP contribution is -2.25. The molecule has 0 saturated carbocycles. The summed E-state index contributed by atoms with van der Waals surface area (Å²) in [6.45, 7) is 1.45. The van der Waals surface area contributed by atoms with Gasteiger partial charge in [-0.1, -0.05) is 35.9 Å².